The molecule has 0 spiro atoms. The monoisotopic (exact) mass is 249 g/mol. The maximum absolute atomic E-state index is 13.3. The zero-order chi connectivity index (χ0) is 12.4. The summed E-state index contributed by atoms with van der Waals surface area (Å²) in [5.74, 6) is -1.07. The van der Waals surface area contributed by atoms with Crippen LogP contribution < -0.4 is 5.73 Å². The number of hydrogen-bond acceptors (Lipinski definition) is 1. The summed E-state index contributed by atoms with van der Waals surface area (Å²) < 4.78 is 13.3. The number of amides is 1. The number of benzene rings is 2. The minimum absolute atomic E-state index is 0.0466. The first-order valence-corrected chi connectivity index (χ1v) is 5.31. The Labute approximate surface area is 103 Å². The number of nitrogens with two attached hydrogens (primary N) is 1. The van der Waals surface area contributed by atoms with Gasteiger partial charge < -0.3 is 5.73 Å². The molecule has 86 valence electrons. The Morgan fingerprint density at radius 1 is 1.18 bits per heavy atom. The zero-order valence-corrected chi connectivity index (χ0v) is 9.54. The van der Waals surface area contributed by atoms with E-state index >= 15 is 0 Å². The Morgan fingerprint density at radius 2 is 1.88 bits per heavy atom. The lowest BCUT2D eigenvalue weighted by Gasteiger charge is -2.07. The highest BCUT2D eigenvalue weighted by Gasteiger charge is 2.10. The van der Waals surface area contributed by atoms with Crippen molar-refractivity contribution in [2.75, 3.05) is 0 Å². The van der Waals surface area contributed by atoms with Gasteiger partial charge in [-0.15, -0.1) is 0 Å². The maximum atomic E-state index is 13.3. The summed E-state index contributed by atoms with van der Waals surface area (Å²) in [4.78, 5) is 11.2. The molecule has 0 aliphatic rings. The first-order valence-electron chi connectivity index (χ1n) is 4.94. The zero-order valence-electron chi connectivity index (χ0n) is 8.78. The Bertz CT molecular complexity index is 583. The molecule has 2 rings (SSSR count). The van der Waals surface area contributed by atoms with E-state index in [1.54, 1.807) is 30.3 Å². The van der Waals surface area contributed by atoms with Crippen LogP contribution in [0.15, 0.2) is 42.5 Å². The summed E-state index contributed by atoms with van der Waals surface area (Å²) in [5, 5.41) is 0.0466. The van der Waals surface area contributed by atoms with Crippen molar-refractivity contribution in [2.24, 2.45) is 5.73 Å². The van der Waals surface area contributed by atoms with Gasteiger partial charge in [0.1, 0.15) is 5.82 Å². The SMILES string of the molecule is NC(=O)c1ccccc1-c1ccc(Cl)c(F)c1. The minimum atomic E-state index is -0.545. The summed E-state index contributed by atoms with van der Waals surface area (Å²) in [6.45, 7) is 0. The molecule has 0 fully saturated rings. The molecule has 4 heteroatoms. The number of carbonyl (C=O) groups excluding carboxylic acids is 1. The van der Waals surface area contributed by atoms with Gasteiger partial charge in [0, 0.05) is 5.56 Å². The van der Waals surface area contributed by atoms with Gasteiger partial charge in [-0.05, 0) is 29.3 Å². The maximum Gasteiger partial charge on any atom is 0.249 e. The molecule has 2 nitrogen and oxygen atoms in total. The van der Waals surface area contributed by atoms with Crippen LogP contribution in [-0.2, 0) is 0 Å². The van der Waals surface area contributed by atoms with Crippen molar-refractivity contribution < 1.29 is 9.18 Å². The van der Waals surface area contributed by atoms with E-state index in [0.717, 1.165) is 0 Å². The normalized spacial score (nSPS) is 10.2. The van der Waals surface area contributed by atoms with E-state index in [9.17, 15) is 9.18 Å². The molecule has 0 bridgehead atoms. The first-order chi connectivity index (χ1) is 8.09. The van der Waals surface area contributed by atoms with Crippen LogP contribution in [0, 0.1) is 5.82 Å². The lowest BCUT2D eigenvalue weighted by Crippen LogP contribution is -2.12. The van der Waals surface area contributed by atoms with Crippen LogP contribution in [0.3, 0.4) is 0 Å². The third-order valence-corrected chi connectivity index (χ3v) is 2.73. The summed E-state index contributed by atoms with van der Waals surface area (Å²) in [7, 11) is 0. The number of carbonyl (C=O) groups is 1. The Morgan fingerprint density at radius 3 is 2.53 bits per heavy atom. The van der Waals surface area contributed by atoms with Crippen molar-refractivity contribution in [3.63, 3.8) is 0 Å². The second-order valence-corrected chi connectivity index (χ2v) is 3.95. The van der Waals surface area contributed by atoms with Gasteiger partial charge in [0.15, 0.2) is 0 Å². The van der Waals surface area contributed by atoms with Crippen molar-refractivity contribution in [3.8, 4) is 11.1 Å². The molecule has 2 aromatic rings. The number of primary amides is 1. The molecule has 0 unspecified atom stereocenters. The topological polar surface area (TPSA) is 43.1 Å². The van der Waals surface area contributed by atoms with Gasteiger partial charge in [-0.3, -0.25) is 4.79 Å². The van der Waals surface area contributed by atoms with Gasteiger partial charge in [-0.1, -0.05) is 35.9 Å². The second kappa shape index (κ2) is 4.55. The molecule has 0 radical (unpaired) electrons. The van der Waals surface area contributed by atoms with Crippen molar-refractivity contribution in [3.05, 3.63) is 58.9 Å². The van der Waals surface area contributed by atoms with E-state index < -0.39 is 11.7 Å². The Balaban J connectivity index is 2.60. The van der Waals surface area contributed by atoms with Crippen LogP contribution in [-0.4, -0.2) is 5.91 Å². The van der Waals surface area contributed by atoms with Crippen LogP contribution in [0.5, 0.6) is 0 Å². The van der Waals surface area contributed by atoms with Gasteiger partial charge in [0.2, 0.25) is 5.91 Å². The molecule has 2 N–H and O–H groups in total. The third kappa shape index (κ3) is 2.29. The highest BCUT2D eigenvalue weighted by Crippen LogP contribution is 2.26. The smallest absolute Gasteiger partial charge is 0.249 e. The van der Waals surface area contributed by atoms with Crippen LogP contribution in [0.4, 0.5) is 4.39 Å². The van der Waals surface area contributed by atoms with Crippen LogP contribution in [0.1, 0.15) is 10.4 Å². The molecule has 0 aromatic heterocycles. The molecule has 1 amide bonds. The van der Waals surface area contributed by atoms with E-state index in [1.807, 2.05) is 0 Å². The van der Waals surface area contributed by atoms with Crippen molar-refractivity contribution >= 4 is 17.5 Å². The number of hydrogen-bond donors (Lipinski definition) is 1. The molecule has 2 aromatic carbocycles. The molecular formula is C13H9ClFNO. The van der Waals surface area contributed by atoms with Crippen molar-refractivity contribution in [1.82, 2.24) is 0 Å². The number of halogens is 2. The van der Waals surface area contributed by atoms with Gasteiger partial charge >= 0.3 is 0 Å². The van der Waals surface area contributed by atoms with Gasteiger partial charge in [-0.2, -0.15) is 0 Å². The quantitative estimate of drug-likeness (QED) is 0.872. The molecule has 17 heavy (non-hydrogen) atoms. The van der Waals surface area contributed by atoms with Crippen LogP contribution >= 0.6 is 11.6 Å². The average Bonchev–Trinajstić information content (AvgIpc) is 2.32. The minimum Gasteiger partial charge on any atom is -0.366 e. The average molecular weight is 250 g/mol. The molecule has 0 aliphatic heterocycles. The summed E-state index contributed by atoms with van der Waals surface area (Å²) in [6.07, 6.45) is 0. The lowest BCUT2D eigenvalue weighted by molar-refractivity contribution is 0.100. The predicted octanol–water partition coefficient (Wildman–Crippen LogP) is 3.25. The van der Waals surface area contributed by atoms with E-state index in [0.29, 0.717) is 16.7 Å². The molecule has 0 heterocycles. The van der Waals surface area contributed by atoms with Crippen LogP contribution in [0.2, 0.25) is 5.02 Å². The van der Waals surface area contributed by atoms with E-state index in [4.69, 9.17) is 17.3 Å². The lowest BCUT2D eigenvalue weighted by atomic mass is 9.99. The highest BCUT2D eigenvalue weighted by atomic mass is 35.5. The summed E-state index contributed by atoms with van der Waals surface area (Å²) in [5.41, 5.74) is 6.78. The Hall–Kier alpha value is -1.87. The Kier molecular flexibility index (Phi) is 3.11. The van der Waals surface area contributed by atoms with Crippen LogP contribution in [0.25, 0.3) is 11.1 Å². The molecule has 0 saturated carbocycles. The number of rotatable bonds is 2. The van der Waals surface area contributed by atoms with E-state index in [-0.39, 0.29) is 5.02 Å². The molecule has 0 aliphatic carbocycles. The van der Waals surface area contributed by atoms with Gasteiger partial charge in [-0.25, -0.2) is 4.39 Å². The first kappa shape index (κ1) is 11.6. The fraction of sp³-hybridized carbons (Fsp3) is 0. The predicted molar refractivity (Wildman–Crippen MR) is 65.4 cm³/mol. The molecule has 0 saturated heterocycles. The fourth-order valence-electron chi connectivity index (χ4n) is 1.61. The van der Waals surface area contributed by atoms with Crippen molar-refractivity contribution in [1.29, 1.82) is 0 Å². The van der Waals surface area contributed by atoms with Gasteiger partial charge in [0.25, 0.3) is 0 Å². The fourth-order valence-corrected chi connectivity index (χ4v) is 1.73. The summed E-state index contributed by atoms with van der Waals surface area (Å²) >= 11 is 5.60. The third-order valence-electron chi connectivity index (χ3n) is 2.42. The molecule has 0 atom stereocenters. The van der Waals surface area contributed by atoms with Crippen molar-refractivity contribution in [2.45, 2.75) is 0 Å². The second-order valence-electron chi connectivity index (χ2n) is 3.54. The molecular weight excluding hydrogens is 241 g/mol. The largest absolute Gasteiger partial charge is 0.366 e. The summed E-state index contributed by atoms with van der Waals surface area (Å²) in [6, 6.07) is 11.2. The highest BCUT2D eigenvalue weighted by molar-refractivity contribution is 6.30. The van der Waals surface area contributed by atoms with Gasteiger partial charge in [0.05, 0.1) is 5.02 Å². The van der Waals surface area contributed by atoms with E-state index in [2.05, 4.69) is 0 Å². The standard InChI is InChI=1S/C13H9ClFNO/c14-11-6-5-8(7-12(11)15)9-3-1-2-4-10(9)13(16)17/h1-7H,(H2,16,17). The van der Waals surface area contributed by atoms with E-state index in [1.165, 1.54) is 12.1 Å².